The second-order valence-electron chi connectivity index (χ2n) is 7.32. The summed E-state index contributed by atoms with van der Waals surface area (Å²) in [5.41, 5.74) is 2.08. The number of hydrogen-bond donors (Lipinski definition) is 1. The topological polar surface area (TPSA) is 84.3 Å². The van der Waals surface area contributed by atoms with Gasteiger partial charge < -0.3 is 10.2 Å². The number of benzene rings is 2. The molecule has 1 N–H and O–H groups in total. The first-order valence-corrected chi connectivity index (χ1v) is 10.4. The molecule has 3 aromatic rings. The van der Waals surface area contributed by atoms with Crippen LogP contribution in [0.25, 0.3) is 11.3 Å². The van der Waals surface area contributed by atoms with Gasteiger partial charge in [0.1, 0.15) is 0 Å². The fourth-order valence-corrected chi connectivity index (χ4v) is 3.68. The number of nitrogens with one attached hydrogen (secondary N) is 1. The summed E-state index contributed by atoms with van der Waals surface area (Å²) < 4.78 is 1.34. The third-order valence-electron chi connectivity index (χ3n) is 5.19. The average Bonchev–Trinajstić information content (AvgIpc) is 3.18. The molecule has 0 saturated carbocycles. The molecule has 31 heavy (non-hydrogen) atoms. The van der Waals surface area contributed by atoms with E-state index in [1.165, 1.54) is 10.7 Å². The Morgan fingerprint density at radius 2 is 1.77 bits per heavy atom. The van der Waals surface area contributed by atoms with E-state index in [0.717, 1.165) is 11.3 Å². The molecule has 1 atom stereocenters. The molecule has 0 bridgehead atoms. The summed E-state index contributed by atoms with van der Waals surface area (Å²) in [4.78, 5) is 38.6. The second kappa shape index (κ2) is 9.14. The van der Waals surface area contributed by atoms with E-state index in [2.05, 4.69) is 10.4 Å². The van der Waals surface area contributed by atoms with Crippen LogP contribution in [0.1, 0.15) is 6.42 Å². The summed E-state index contributed by atoms with van der Waals surface area (Å²) in [6, 6.07) is 19.7. The Bertz CT molecular complexity index is 1150. The molecule has 2 heterocycles. The Balaban J connectivity index is 1.35. The highest BCUT2D eigenvalue weighted by atomic mass is 35.5. The van der Waals surface area contributed by atoms with Crippen LogP contribution in [0, 0.1) is 5.92 Å². The van der Waals surface area contributed by atoms with Crippen molar-refractivity contribution in [2.75, 3.05) is 18.0 Å². The Hall–Kier alpha value is -3.45. The summed E-state index contributed by atoms with van der Waals surface area (Å²) in [5.74, 6) is -0.753. The molecule has 0 aliphatic carbocycles. The number of aromatic nitrogens is 2. The van der Waals surface area contributed by atoms with E-state index in [0.29, 0.717) is 17.3 Å². The normalized spacial score (nSPS) is 15.8. The van der Waals surface area contributed by atoms with Crippen molar-refractivity contribution < 1.29 is 9.59 Å². The van der Waals surface area contributed by atoms with Crippen molar-refractivity contribution in [2.24, 2.45) is 5.92 Å². The van der Waals surface area contributed by atoms with E-state index in [-0.39, 0.29) is 36.9 Å². The minimum absolute atomic E-state index is 0.101. The fourth-order valence-electron chi connectivity index (χ4n) is 3.56. The van der Waals surface area contributed by atoms with E-state index < -0.39 is 5.92 Å². The summed E-state index contributed by atoms with van der Waals surface area (Å²) in [6.45, 7) is 0.802. The Kier molecular flexibility index (Phi) is 6.13. The lowest BCUT2D eigenvalue weighted by molar-refractivity contribution is -0.126. The largest absolute Gasteiger partial charge is 0.354 e. The van der Waals surface area contributed by atoms with Gasteiger partial charge in [-0.15, -0.1) is 0 Å². The smallest absolute Gasteiger partial charge is 0.266 e. The maximum absolute atomic E-state index is 12.6. The predicted octanol–water partition coefficient (Wildman–Crippen LogP) is 2.73. The molecular weight excluding hydrogens is 416 g/mol. The number of halogens is 1. The molecule has 2 aromatic carbocycles. The van der Waals surface area contributed by atoms with E-state index in [1.54, 1.807) is 35.2 Å². The zero-order chi connectivity index (χ0) is 21.8. The van der Waals surface area contributed by atoms with Gasteiger partial charge in [0.15, 0.2) is 0 Å². The van der Waals surface area contributed by atoms with E-state index >= 15 is 0 Å². The van der Waals surface area contributed by atoms with Crippen LogP contribution in [0.3, 0.4) is 0 Å². The third kappa shape index (κ3) is 4.83. The minimum Gasteiger partial charge on any atom is -0.354 e. The lowest BCUT2D eigenvalue weighted by Crippen LogP contribution is -2.36. The van der Waals surface area contributed by atoms with Crippen molar-refractivity contribution in [3.63, 3.8) is 0 Å². The van der Waals surface area contributed by atoms with Crippen molar-refractivity contribution in [1.29, 1.82) is 0 Å². The quantitative estimate of drug-likeness (QED) is 0.644. The monoisotopic (exact) mass is 436 g/mol. The molecule has 158 valence electrons. The summed E-state index contributed by atoms with van der Waals surface area (Å²) in [6.07, 6.45) is 0.149. The number of carbonyl (C=O) groups is 2. The van der Waals surface area contributed by atoms with Gasteiger partial charge in [-0.1, -0.05) is 41.9 Å². The third-order valence-corrected chi connectivity index (χ3v) is 5.45. The summed E-state index contributed by atoms with van der Waals surface area (Å²) >= 11 is 5.90. The highest BCUT2D eigenvalue weighted by Crippen LogP contribution is 2.26. The number of anilines is 1. The van der Waals surface area contributed by atoms with Gasteiger partial charge in [0.25, 0.3) is 5.56 Å². The van der Waals surface area contributed by atoms with Gasteiger partial charge in [0, 0.05) is 41.9 Å². The molecule has 0 radical (unpaired) electrons. The van der Waals surface area contributed by atoms with Crippen molar-refractivity contribution in [2.45, 2.75) is 13.0 Å². The second-order valence-corrected chi connectivity index (χ2v) is 7.76. The molecule has 0 spiro atoms. The molecule has 4 rings (SSSR count). The molecule has 1 aromatic heterocycles. The molecule has 1 unspecified atom stereocenters. The number of rotatable bonds is 6. The van der Waals surface area contributed by atoms with Gasteiger partial charge in [0.05, 0.1) is 18.2 Å². The zero-order valence-electron chi connectivity index (χ0n) is 16.7. The van der Waals surface area contributed by atoms with Crippen LogP contribution in [0.5, 0.6) is 0 Å². The van der Waals surface area contributed by atoms with Crippen molar-refractivity contribution in [1.82, 2.24) is 15.1 Å². The minimum atomic E-state index is -0.441. The van der Waals surface area contributed by atoms with Gasteiger partial charge in [-0.25, -0.2) is 4.68 Å². The van der Waals surface area contributed by atoms with Gasteiger partial charge in [-0.2, -0.15) is 5.10 Å². The first kappa shape index (κ1) is 20.8. The van der Waals surface area contributed by atoms with Gasteiger partial charge in [-0.05, 0) is 30.3 Å². The van der Waals surface area contributed by atoms with Crippen LogP contribution < -0.4 is 15.8 Å². The van der Waals surface area contributed by atoms with E-state index in [4.69, 9.17) is 11.6 Å². The first-order valence-electron chi connectivity index (χ1n) is 9.98. The predicted molar refractivity (Wildman–Crippen MR) is 119 cm³/mol. The van der Waals surface area contributed by atoms with Crippen LogP contribution in [0.4, 0.5) is 5.69 Å². The van der Waals surface area contributed by atoms with E-state index in [9.17, 15) is 14.4 Å². The molecule has 1 aliphatic rings. The van der Waals surface area contributed by atoms with Crippen molar-refractivity contribution >= 4 is 29.1 Å². The van der Waals surface area contributed by atoms with Crippen LogP contribution in [0.2, 0.25) is 5.02 Å². The molecule has 7 nitrogen and oxygen atoms in total. The Morgan fingerprint density at radius 3 is 2.52 bits per heavy atom. The van der Waals surface area contributed by atoms with Crippen LogP contribution in [-0.4, -0.2) is 34.7 Å². The van der Waals surface area contributed by atoms with Gasteiger partial charge in [-0.3, -0.25) is 14.4 Å². The number of nitrogens with zero attached hydrogens (tertiary/aromatic N) is 3. The molecule has 8 heteroatoms. The highest BCUT2D eigenvalue weighted by Gasteiger charge is 2.34. The molecule has 1 fully saturated rings. The lowest BCUT2D eigenvalue weighted by atomic mass is 10.1. The van der Waals surface area contributed by atoms with Crippen LogP contribution in [0.15, 0.2) is 71.5 Å². The number of carbonyl (C=O) groups excluding carboxylic acids is 2. The lowest BCUT2D eigenvalue weighted by Gasteiger charge is -2.16. The number of amides is 2. The van der Waals surface area contributed by atoms with Crippen molar-refractivity contribution in [3.05, 3.63) is 82.1 Å². The molecular formula is C23H21ClN4O3. The molecule has 2 amide bonds. The van der Waals surface area contributed by atoms with Crippen LogP contribution >= 0.6 is 11.6 Å². The van der Waals surface area contributed by atoms with Crippen LogP contribution in [-0.2, 0) is 16.1 Å². The van der Waals surface area contributed by atoms with Gasteiger partial charge >= 0.3 is 0 Å². The van der Waals surface area contributed by atoms with E-state index in [1.807, 2.05) is 30.3 Å². The number of hydrogen-bond acceptors (Lipinski definition) is 4. The SMILES string of the molecule is O=C(NCCn1nc(-c2ccccc2)ccc1=O)C1CC(=O)N(c2ccc(Cl)cc2)C1. The Morgan fingerprint density at radius 1 is 1.03 bits per heavy atom. The first-order chi connectivity index (χ1) is 15.0. The average molecular weight is 437 g/mol. The maximum Gasteiger partial charge on any atom is 0.266 e. The van der Waals surface area contributed by atoms with Crippen molar-refractivity contribution in [3.8, 4) is 11.3 Å². The summed E-state index contributed by atoms with van der Waals surface area (Å²) in [5, 5.41) is 7.80. The molecule has 1 aliphatic heterocycles. The zero-order valence-corrected chi connectivity index (χ0v) is 17.5. The fraction of sp³-hybridized carbons (Fsp3) is 0.217. The van der Waals surface area contributed by atoms with Gasteiger partial charge in [0.2, 0.25) is 11.8 Å². The summed E-state index contributed by atoms with van der Waals surface area (Å²) in [7, 11) is 0. The highest BCUT2D eigenvalue weighted by molar-refractivity contribution is 6.30. The molecule has 1 saturated heterocycles. The maximum atomic E-state index is 12.6. The Labute approximate surface area is 184 Å². The standard InChI is InChI=1S/C23H21ClN4O3/c24-18-6-8-19(9-7-18)27-15-17(14-22(27)30)23(31)25-12-13-28-21(29)11-10-20(26-28)16-4-2-1-3-5-16/h1-11,17H,12-15H2,(H,25,31).